The summed E-state index contributed by atoms with van der Waals surface area (Å²) in [4.78, 5) is 14.3. The van der Waals surface area contributed by atoms with Crippen molar-refractivity contribution < 1.29 is 4.74 Å². The number of tetrazole rings is 1. The van der Waals surface area contributed by atoms with Crippen molar-refractivity contribution in [3.05, 3.63) is 34.6 Å². The molecule has 0 fully saturated rings. The molecule has 2 heterocycles. The number of methoxy groups -OCH3 is 1. The van der Waals surface area contributed by atoms with Crippen molar-refractivity contribution in [3.63, 3.8) is 0 Å². The Morgan fingerprint density at radius 1 is 1.29 bits per heavy atom. The van der Waals surface area contributed by atoms with Gasteiger partial charge in [0.25, 0.3) is 11.3 Å². The molecule has 0 atom stereocenters. The number of nitrogen functional groups attached to an aromatic ring is 1. The Balaban J connectivity index is 2.00. The Morgan fingerprint density at radius 3 is 2.76 bits per heavy atom. The number of hydrogen-bond acceptors (Lipinski definition) is 8. The molecule has 0 spiro atoms. The molecule has 10 nitrogen and oxygen atoms in total. The zero-order chi connectivity index (χ0) is 14.8. The third-order valence-corrected chi connectivity index (χ3v) is 2.72. The number of azo groups is 1. The van der Waals surface area contributed by atoms with Gasteiger partial charge in [0.1, 0.15) is 5.75 Å². The van der Waals surface area contributed by atoms with Gasteiger partial charge in [-0.2, -0.15) is 9.63 Å². The molecule has 1 aromatic carbocycles. The first kappa shape index (κ1) is 12.7. The van der Waals surface area contributed by atoms with Crippen LogP contribution in [-0.2, 0) is 0 Å². The largest absolute Gasteiger partial charge is 0.497 e. The Morgan fingerprint density at radius 2 is 2.05 bits per heavy atom. The summed E-state index contributed by atoms with van der Waals surface area (Å²) in [5.41, 5.74) is 5.76. The lowest BCUT2D eigenvalue weighted by atomic mass is 10.3. The van der Waals surface area contributed by atoms with Crippen molar-refractivity contribution in [2.45, 2.75) is 0 Å². The van der Waals surface area contributed by atoms with Crippen LogP contribution in [0.5, 0.6) is 5.75 Å². The maximum Gasteiger partial charge on any atom is 0.282 e. The second-order valence-corrected chi connectivity index (χ2v) is 4.00. The zero-order valence-corrected chi connectivity index (χ0v) is 10.9. The fourth-order valence-corrected chi connectivity index (χ4v) is 1.66. The van der Waals surface area contributed by atoms with Gasteiger partial charge >= 0.3 is 0 Å². The lowest BCUT2D eigenvalue weighted by Gasteiger charge is -2.00. The standard InChI is InChI=1S/C11H10N8O2/c1-21-7-4-2-6(3-5-7)14-15-8-9(12)19-11(13-10(8)20)16-17-18-19/h2-5H,12H2,1H3,(H,13,16,18,20). The van der Waals surface area contributed by atoms with Gasteiger partial charge in [0.15, 0.2) is 11.5 Å². The summed E-state index contributed by atoms with van der Waals surface area (Å²) in [6.07, 6.45) is 0. The number of nitrogens with two attached hydrogens (primary N) is 1. The number of anilines is 1. The molecule has 21 heavy (non-hydrogen) atoms. The van der Waals surface area contributed by atoms with Crippen LogP contribution in [0.3, 0.4) is 0 Å². The van der Waals surface area contributed by atoms with E-state index in [-0.39, 0.29) is 17.3 Å². The summed E-state index contributed by atoms with van der Waals surface area (Å²) in [6, 6.07) is 6.85. The minimum absolute atomic E-state index is 0.0102. The predicted molar refractivity (Wildman–Crippen MR) is 73.0 cm³/mol. The molecule has 3 rings (SSSR count). The maximum absolute atomic E-state index is 11.9. The third kappa shape index (κ3) is 2.29. The Labute approximate surface area is 117 Å². The summed E-state index contributed by atoms with van der Waals surface area (Å²) in [5.74, 6) is 0.846. The number of ether oxygens (including phenoxy) is 1. The van der Waals surface area contributed by atoms with Gasteiger partial charge in [0.05, 0.1) is 12.8 Å². The SMILES string of the molecule is COc1ccc(N=Nc2c(N)n3nnnc3[nH]c2=O)cc1. The van der Waals surface area contributed by atoms with Crippen molar-refractivity contribution >= 4 is 23.0 Å². The smallest absolute Gasteiger partial charge is 0.282 e. The summed E-state index contributed by atoms with van der Waals surface area (Å²) in [6.45, 7) is 0. The number of aromatic amines is 1. The molecular formula is C11H10N8O2. The van der Waals surface area contributed by atoms with E-state index in [4.69, 9.17) is 10.5 Å². The van der Waals surface area contributed by atoms with Crippen LogP contribution in [0.1, 0.15) is 0 Å². The Bertz CT molecular complexity index is 864. The highest BCUT2D eigenvalue weighted by Crippen LogP contribution is 2.22. The first-order chi connectivity index (χ1) is 10.2. The fraction of sp³-hybridized carbons (Fsp3) is 0.0909. The van der Waals surface area contributed by atoms with Gasteiger partial charge in [-0.3, -0.25) is 9.78 Å². The molecule has 0 saturated heterocycles. The number of nitrogens with one attached hydrogen (secondary N) is 1. The molecule has 3 N–H and O–H groups in total. The van der Waals surface area contributed by atoms with Crippen LogP contribution in [0.15, 0.2) is 39.3 Å². The average Bonchev–Trinajstić information content (AvgIpc) is 2.96. The van der Waals surface area contributed by atoms with Crippen LogP contribution in [0.2, 0.25) is 0 Å². The van der Waals surface area contributed by atoms with Crippen LogP contribution in [0.25, 0.3) is 5.78 Å². The molecule has 2 aromatic heterocycles. The van der Waals surface area contributed by atoms with Gasteiger partial charge in [0, 0.05) is 0 Å². The van der Waals surface area contributed by atoms with Crippen molar-refractivity contribution in [2.75, 3.05) is 12.8 Å². The van der Waals surface area contributed by atoms with Crippen LogP contribution in [-0.4, -0.2) is 32.1 Å². The molecule has 0 saturated carbocycles. The molecule has 0 unspecified atom stereocenters. The monoisotopic (exact) mass is 286 g/mol. The number of benzene rings is 1. The van der Waals surface area contributed by atoms with E-state index in [0.29, 0.717) is 11.4 Å². The number of fused-ring (bicyclic) bond motifs is 1. The zero-order valence-electron chi connectivity index (χ0n) is 10.9. The van der Waals surface area contributed by atoms with Crippen LogP contribution >= 0.6 is 0 Å². The molecule has 3 aromatic rings. The average molecular weight is 286 g/mol. The van der Waals surface area contributed by atoms with E-state index >= 15 is 0 Å². The van der Waals surface area contributed by atoms with E-state index in [0.717, 1.165) is 0 Å². The summed E-state index contributed by atoms with van der Waals surface area (Å²) in [7, 11) is 1.57. The lowest BCUT2D eigenvalue weighted by molar-refractivity contribution is 0.415. The lowest BCUT2D eigenvalue weighted by Crippen LogP contribution is -2.13. The highest BCUT2D eigenvalue weighted by atomic mass is 16.5. The quantitative estimate of drug-likeness (QED) is 0.684. The van der Waals surface area contributed by atoms with Gasteiger partial charge in [-0.1, -0.05) is 5.10 Å². The topological polar surface area (TPSA) is 136 Å². The van der Waals surface area contributed by atoms with Crippen molar-refractivity contribution in [2.24, 2.45) is 10.2 Å². The number of hydrogen-bond donors (Lipinski definition) is 2. The number of H-pyrrole nitrogens is 1. The number of rotatable bonds is 3. The fourth-order valence-electron chi connectivity index (χ4n) is 1.66. The maximum atomic E-state index is 11.9. The highest BCUT2D eigenvalue weighted by molar-refractivity contribution is 5.59. The number of aromatic nitrogens is 5. The summed E-state index contributed by atoms with van der Waals surface area (Å²) < 4.78 is 6.21. The van der Waals surface area contributed by atoms with Crippen LogP contribution in [0, 0.1) is 0 Å². The van der Waals surface area contributed by atoms with Gasteiger partial charge in [-0.05, 0) is 34.7 Å². The molecule has 0 aliphatic rings. The molecule has 0 bridgehead atoms. The van der Waals surface area contributed by atoms with E-state index in [9.17, 15) is 4.79 Å². The van der Waals surface area contributed by atoms with Crippen molar-refractivity contribution in [1.29, 1.82) is 0 Å². The molecule has 106 valence electrons. The second-order valence-electron chi connectivity index (χ2n) is 4.00. The minimum Gasteiger partial charge on any atom is -0.497 e. The number of nitrogens with zero attached hydrogens (tertiary/aromatic N) is 6. The second kappa shape index (κ2) is 5.00. The molecule has 10 heteroatoms. The summed E-state index contributed by atoms with van der Waals surface area (Å²) in [5, 5.41) is 18.5. The minimum atomic E-state index is -0.521. The van der Waals surface area contributed by atoms with E-state index in [1.807, 2.05) is 0 Å². The molecule has 0 radical (unpaired) electrons. The van der Waals surface area contributed by atoms with E-state index < -0.39 is 5.56 Å². The highest BCUT2D eigenvalue weighted by Gasteiger charge is 2.11. The summed E-state index contributed by atoms with van der Waals surface area (Å²) >= 11 is 0. The normalized spacial score (nSPS) is 11.3. The molecule has 0 aliphatic carbocycles. The molecular weight excluding hydrogens is 276 g/mol. The molecule has 0 aliphatic heterocycles. The predicted octanol–water partition coefficient (Wildman–Crippen LogP) is 0.819. The van der Waals surface area contributed by atoms with Crippen molar-refractivity contribution in [3.8, 4) is 5.75 Å². The van der Waals surface area contributed by atoms with Crippen LogP contribution < -0.4 is 16.0 Å². The van der Waals surface area contributed by atoms with Gasteiger partial charge in [-0.25, -0.2) is 0 Å². The molecule has 0 amide bonds. The first-order valence-electron chi connectivity index (χ1n) is 5.84. The van der Waals surface area contributed by atoms with Crippen LogP contribution in [0.4, 0.5) is 17.2 Å². The van der Waals surface area contributed by atoms with E-state index in [2.05, 4.69) is 30.7 Å². The van der Waals surface area contributed by atoms with E-state index in [1.165, 1.54) is 4.52 Å². The Kier molecular flexibility index (Phi) is 3.03. The van der Waals surface area contributed by atoms with Gasteiger partial charge in [-0.15, -0.1) is 5.11 Å². The third-order valence-electron chi connectivity index (χ3n) is 2.72. The van der Waals surface area contributed by atoms with E-state index in [1.54, 1.807) is 31.4 Å². The van der Waals surface area contributed by atoms with Gasteiger partial charge < -0.3 is 10.5 Å². The van der Waals surface area contributed by atoms with Crippen molar-refractivity contribution in [1.82, 2.24) is 25.0 Å². The van der Waals surface area contributed by atoms with Gasteiger partial charge in [0.2, 0.25) is 0 Å². The first-order valence-corrected chi connectivity index (χ1v) is 5.84. The Hall–Kier alpha value is -3.30.